The van der Waals surface area contributed by atoms with E-state index in [0.717, 1.165) is 11.1 Å². The molecule has 0 saturated heterocycles. The van der Waals surface area contributed by atoms with Crippen LogP contribution in [0, 0.1) is 0 Å². The Labute approximate surface area is 143 Å². The number of rotatable bonds is 2. The minimum atomic E-state index is -0.569. The molecule has 2 atom stereocenters. The van der Waals surface area contributed by atoms with Crippen molar-refractivity contribution in [3.05, 3.63) is 69.7 Å². The molecule has 0 aromatic heterocycles. The summed E-state index contributed by atoms with van der Waals surface area (Å²) in [6.07, 6.45) is 1.48. The predicted molar refractivity (Wildman–Crippen MR) is 90.0 cm³/mol. The molecule has 2 unspecified atom stereocenters. The molecular formula is C16H11Cl3N2O. The number of carbonyl (C=O) groups is 1. The highest BCUT2D eigenvalue weighted by Gasteiger charge is 2.36. The van der Waals surface area contributed by atoms with Crippen molar-refractivity contribution in [3.63, 3.8) is 0 Å². The largest absolute Gasteiger partial charge is 0.322 e. The van der Waals surface area contributed by atoms with Gasteiger partial charge in [0, 0.05) is 10.0 Å². The van der Waals surface area contributed by atoms with Crippen molar-refractivity contribution in [3.8, 4) is 0 Å². The van der Waals surface area contributed by atoms with Crippen molar-refractivity contribution in [1.29, 1.82) is 0 Å². The van der Waals surface area contributed by atoms with Crippen LogP contribution in [-0.2, 0) is 0 Å². The van der Waals surface area contributed by atoms with Gasteiger partial charge in [0.2, 0.25) is 0 Å². The zero-order chi connectivity index (χ0) is 15.7. The fourth-order valence-electron chi connectivity index (χ4n) is 2.54. The maximum atomic E-state index is 11.7. The lowest BCUT2D eigenvalue weighted by Gasteiger charge is -2.25. The van der Waals surface area contributed by atoms with Crippen LogP contribution < -0.4 is 0 Å². The fourth-order valence-corrected chi connectivity index (χ4v) is 2.94. The maximum absolute atomic E-state index is 11.7. The Morgan fingerprint density at radius 2 is 1.41 bits per heavy atom. The van der Waals surface area contributed by atoms with Crippen LogP contribution in [0.3, 0.4) is 0 Å². The average molecular weight is 354 g/mol. The molecule has 112 valence electrons. The van der Waals surface area contributed by atoms with Gasteiger partial charge in [-0.15, -0.1) is 0 Å². The molecule has 0 fully saturated rings. The zero-order valence-corrected chi connectivity index (χ0v) is 13.6. The normalized spacial score (nSPS) is 20.4. The highest BCUT2D eigenvalue weighted by molar-refractivity contribution is 6.63. The van der Waals surface area contributed by atoms with Gasteiger partial charge in [-0.05, 0) is 47.0 Å². The number of benzene rings is 2. The van der Waals surface area contributed by atoms with Crippen LogP contribution in [0.1, 0.15) is 23.2 Å². The van der Waals surface area contributed by atoms with E-state index in [2.05, 4.69) is 4.99 Å². The van der Waals surface area contributed by atoms with Crippen LogP contribution in [0.2, 0.25) is 10.0 Å². The van der Waals surface area contributed by atoms with E-state index in [0.29, 0.717) is 10.0 Å². The van der Waals surface area contributed by atoms with Gasteiger partial charge in [0.25, 0.3) is 0 Å². The maximum Gasteiger partial charge on any atom is 0.322 e. The van der Waals surface area contributed by atoms with Crippen LogP contribution in [-0.4, -0.2) is 16.6 Å². The van der Waals surface area contributed by atoms with Crippen molar-refractivity contribution in [2.24, 2.45) is 4.99 Å². The molecule has 0 radical (unpaired) electrons. The highest BCUT2D eigenvalue weighted by atomic mass is 35.5. The monoisotopic (exact) mass is 352 g/mol. The summed E-state index contributed by atoms with van der Waals surface area (Å²) in [5.74, 6) is 0. The molecule has 0 saturated carbocycles. The van der Waals surface area contributed by atoms with Gasteiger partial charge in [0.15, 0.2) is 0 Å². The van der Waals surface area contributed by atoms with E-state index in [-0.39, 0.29) is 12.1 Å². The third-order valence-electron chi connectivity index (χ3n) is 3.58. The van der Waals surface area contributed by atoms with Crippen LogP contribution >= 0.6 is 34.8 Å². The standard InChI is InChI=1S/C16H11Cl3N2O/c17-12-5-1-10(2-6-12)14-15(21(9-20-14)16(19)22)11-3-7-13(18)8-4-11/h1-9,14-15H. The summed E-state index contributed by atoms with van der Waals surface area (Å²) in [6, 6.07) is 14.2. The summed E-state index contributed by atoms with van der Waals surface area (Å²) in [6.45, 7) is 0. The molecule has 3 rings (SSSR count). The first-order chi connectivity index (χ1) is 10.6. The number of amides is 1. The Kier molecular flexibility index (Phi) is 4.39. The Morgan fingerprint density at radius 1 is 0.909 bits per heavy atom. The summed E-state index contributed by atoms with van der Waals surface area (Å²) in [5, 5.41) is 0.716. The van der Waals surface area contributed by atoms with Crippen LogP contribution in [0.4, 0.5) is 4.79 Å². The van der Waals surface area contributed by atoms with Gasteiger partial charge in [-0.3, -0.25) is 14.7 Å². The molecular weight excluding hydrogens is 343 g/mol. The molecule has 2 aromatic carbocycles. The Balaban J connectivity index is 2.01. The molecule has 1 heterocycles. The van der Waals surface area contributed by atoms with E-state index in [1.54, 1.807) is 24.3 Å². The molecule has 1 amide bonds. The minimum absolute atomic E-state index is 0.235. The van der Waals surface area contributed by atoms with E-state index >= 15 is 0 Å². The molecule has 6 heteroatoms. The van der Waals surface area contributed by atoms with Crippen molar-refractivity contribution in [2.75, 3.05) is 0 Å². The molecule has 2 aromatic rings. The van der Waals surface area contributed by atoms with Gasteiger partial charge < -0.3 is 0 Å². The molecule has 0 N–H and O–H groups in total. The van der Waals surface area contributed by atoms with E-state index in [1.165, 1.54) is 11.2 Å². The molecule has 1 aliphatic heterocycles. The van der Waals surface area contributed by atoms with Gasteiger partial charge in [-0.1, -0.05) is 47.5 Å². The van der Waals surface area contributed by atoms with E-state index < -0.39 is 5.37 Å². The van der Waals surface area contributed by atoms with Gasteiger partial charge in [0.1, 0.15) is 6.04 Å². The lowest BCUT2D eigenvalue weighted by Crippen LogP contribution is -2.28. The van der Waals surface area contributed by atoms with Gasteiger partial charge >= 0.3 is 5.37 Å². The topological polar surface area (TPSA) is 32.7 Å². The minimum Gasteiger partial charge on any atom is -0.279 e. The molecule has 0 bridgehead atoms. The predicted octanol–water partition coefficient (Wildman–Crippen LogP) is 5.48. The van der Waals surface area contributed by atoms with E-state index in [4.69, 9.17) is 34.8 Å². The van der Waals surface area contributed by atoms with Crippen LogP contribution in [0.5, 0.6) is 0 Å². The molecule has 0 aliphatic carbocycles. The Hall–Kier alpha value is -1.55. The number of nitrogens with zero attached hydrogens (tertiary/aromatic N) is 2. The summed E-state index contributed by atoms with van der Waals surface area (Å²) in [5.41, 5.74) is 1.87. The van der Waals surface area contributed by atoms with Crippen LogP contribution in [0.25, 0.3) is 0 Å². The van der Waals surface area contributed by atoms with E-state index in [9.17, 15) is 4.79 Å². The Bertz CT molecular complexity index is 713. The second-order valence-corrected chi connectivity index (χ2v) is 6.11. The second kappa shape index (κ2) is 6.29. The van der Waals surface area contributed by atoms with Gasteiger partial charge in [0.05, 0.1) is 12.4 Å². The number of carbonyl (C=O) groups excluding carboxylic acids is 1. The Morgan fingerprint density at radius 3 is 1.91 bits per heavy atom. The zero-order valence-electron chi connectivity index (χ0n) is 11.3. The van der Waals surface area contributed by atoms with Crippen molar-refractivity contribution < 1.29 is 4.79 Å². The number of hydrogen-bond donors (Lipinski definition) is 0. The van der Waals surface area contributed by atoms with Gasteiger partial charge in [-0.25, -0.2) is 0 Å². The third kappa shape index (κ3) is 2.98. The van der Waals surface area contributed by atoms with Crippen molar-refractivity contribution >= 4 is 46.5 Å². The quantitative estimate of drug-likeness (QED) is 0.520. The first kappa shape index (κ1) is 15.3. The molecule has 22 heavy (non-hydrogen) atoms. The second-order valence-electron chi connectivity index (χ2n) is 4.92. The lowest BCUT2D eigenvalue weighted by molar-refractivity contribution is 0.232. The summed E-state index contributed by atoms with van der Waals surface area (Å²) >= 11 is 17.6. The van der Waals surface area contributed by atoms with Crippen molar-refractivity contribution in [2.45, 2.75) is 12.1 Å². The molecule has 3 nitrogen and oxygen atoms in total. The third-order valence-corrected chi connectivity index (χ3v) is 4.28. The number of hydrogen-bond acceptors (Lipinski definition) is 2. The number of halogens is 3. The van der Waals surface area contributed by atoms with Gasteiger partial charge in [-0.2, -0.15) is 0 Å². The number of aliphatic imine (C=N–C) groups is 1. The SMILES string of the molecule is O=C(Cl)N1C=NC(c2ccc(Cl)cc2)C1c1ccc(Cl)cc1. The van der Waals surface area contributed by atoms with Crippen LogP contribution in [0.15, 0.2) is 53.5 Å². The first-order valence-corrected chi connectivity index (χ1v) is 7.71. The summed E-state index contributed by atoms with van der Waals surface area (Å²) in [7, 11) is 0. The first-order valence-electron chi connectivity index (χ1n) is 6.58. The van der Waals surface area contributed by atoms with E-state index in [1.807, 2.05) is 24.3 Å². The smallest absolute Gasteiger partial charge is 0.279 e. The van der Waals surface area contributed by atoms with Crippen molar-refractivity contribution in [1.82, 2.24) is 4.90 Å². The average Bonchev–Trinajstić information content (AvgIpc) is 2.94. The fraction of sp³-hybridized carbons (Fsp3) is 0.125. The highest BCUT2D eigenvalue weighted by Crippen LogP contribution is 2.41. The molecule has 0 spiro atoms. The molecule has 1 aliphatic rings. The lowest BCUT2D eigenvalue weighted by atomic mass is 9.94. The summed E-state index contributed by atoms with van der Waals surface area (Å²) in [4.78, 5) is 17.5. The summed E-state index contributed by atoms with van der Waals surface area (Å²) < 4.78 is 0.